The molecule has 3 aromatic rings. The van der Waals surface area contributed by atoms with Gasteiger partial charge in [-0.05, 0) is 42.8 Å². The third kappa shape index (κ3) is 4.70. The Morgan fingerprint density at radius 3 is 2.58 bits per heavy atom. The summed E-state index contributed by atoms with van der Waals surface area (Å²) in [6, 6.07) is 11.3. The van der Waals surface area contributed by atoms with Crippen molar-refractivity contribution in [1.82, 2.24) is 19.7 Å². The van der Waals surface area contributed by atoms with Crippen molar-refractivity contribution in [2.75, 3.05) is 11.1 Å². The molecule has 0 unspecified atom stereocenters. The van der Waals surface area contributed by atoms with E-state index in [0.717, 1.165) is 39.7 Å². The van der Waals surface area contributed by atoms with Gasteiger partial charge in [-0.25, -0.2) is 0 Å². The number of aromatic nitrogens is 4. The Bertz CT molecular complexity index is 867. The van der Waals surface area contributed by atoms with E-state index in [4.69, 9.17) is 0 Å². The van der Waals surface area contributed by atoms with E-state index in [2.05, 4.69) is 43.4 Å². The summed E-state index contributed by atoms with van der Waals surface area (Å²) in [5, 5.41) is 12.2. The fraction of sp³-hybridized carbons (Fsp3) is 0.222. The lowest BCUT2D eigenvalue weighted by Gasteiger charge is -2.09. The predicted molar refractivity (Wildman–Crippen MR) is 107 cm³/mol. The number of thioether (sulfide) groups is 1. The molecule has 2 heterocycles. The van der Waals surface area contributed by atoms with Gasteiger partial charge in [-0.3, -0.25) is 9.78 Å². The second-order valence-electron chi connectivity index (χ2n) is 5.54. The van der Waals surface area contributed by atoms with Crippen LogP contribution in [0.15, 0.2) is 58.4 Å². The zero-order valence-electron chi connectivity index (χ0n) is 14.2. The van der Waals surface area contributed by atoms with E-state index in [1.165, 1.54) is 11.8 Å². The molecular weight excluding hydrogens is 414 g/mol. The van der Waals surface area contributed by atoms with Crippen molar-refractivity contribution < 1.29 is 4.79 Å². The van der Waals surface area contributed by atoms with Gasteiger partial charge in [-0.2, -0.15) is 0 Å². The molecule has 1 aromatic carbocycles. The lowest BCUT2D eigenvalue weighted by molar-refractivity contribution is -0.113. The highest BCUT2D eigenvalue weighted by Crippen LogP contribution is 2.24. The van der Waals surface area contributed by atoms with Crippen LogP contribution in [0.5, 0.6) is 0 Å². The van der Waals surface area contributed by atoms with Gasteiger partial charge in [-0.15, -0.1) is 10.2 Å². The fourth-order valence-electron chi connectivity index (χ4n) is 2.40. The molecule has 3 rings (SSSR count). The van der Waals surface area contributed by atoms with Gasteiger partial charge < -0.3 is 9.88 Å². The maximum atomic E-state index is 12.2. The minimum Gasteiger partial charge on any atom is -0.325 e. The third-order valence-electron chi connectivity index (χ3n) is 3.56. The number of amides is 1. The van der Waals surface area contributed by atoms with Crippen molar-refractivity contribution in [1.29, 1.82) is 0 Å². The van der Waals surface area contributed by atoms with Crippen molar-refractivity contribution in [2.45, 2.75) is 25.0 Å². The summed E-state index contributed by atoms with van der Waals surface area (Å²) in [4.78, 5) is 16.2. The predicted octanol–water partition coefficient (Wildman–Crippen LogP) is 4.24. The number of nitrogens with zero attached hydrogens (tertiary/aromatic N) is 4. The molecule has 0 aliphatic carbocycles. The Kier molecular flexibility index (Phi) is 6.40. The topological polar surface area (TPSA) is 72.7 Å². The molecule has 0 radical (unpaired) electrons. The third-order valence-corrected chi connectivity index (χ3v) is 5.06. The van der Waals surface area contributed by atoms with E-state index < -0.39 is 0 Å². The summed E-state index contributed by atoms with van der Waals surface area (Å²) in [5.41, 5.74) is 1.73. The standard InChI is InChI=1S/C18H18BrN5OS/c1-2-11-24-17(13-7-9-20-10-8-13)22-23-18(24)26-12-16(25)21-15-5-3-14(19)4-6-15/h3-10H,2,11-12H2,1H3,(H,21,25). The van der Waals surface area contributed by atoms with Gasteiger partial charge in [0, 0.05) is 34.7 Å². The van der Waals surface area contributed by atoms with Crippen LogP contribution in [0, 0.1) is 0 Å². The smallest absolute Gasteiger partial charge is 0.234 e. The summed E-state index contributed by atoms with van der Waals surface area (Å²) < 4.78 is 3.02. The van der Waals surface area contributed by atoms with Crippen molar-refractivity contribution in [3.05, 3.63) is 53.3 Å². The first-order valence-electron chi connectivity index (χ1n) is 8.19. The zero-order chi connectivity index (χ0) is 18.4. The summed E-state index contributed by atoms with van der Waals surface area (Å²) in [6.07, 6.45) is 4.42. The maximum absolute atomic E-state index is 12.2. The summed E-state index contributed by atoms with van der Waals surface area (Å²) in [7, 11) is 0. The van der Waals surface area contributed by atoms with Crippen molar-refractivity contribution in [2.24, 2.45) is 0 Å². The molecule has 0 aliphatic rings. The first-order chi connectivity index (χ1) is 12.7. The van der Waals surface area contributed by atoms with Crippen LogP contribution in [0.3, 0.4) is 0 Å². The molecule has 0 saturated carbocycles. The first kappa shape index (κ1) is 18.6. The minimum atomic E-state index is -0.0752. The van der Waals surface area contributed by atoms with E-state index in [0.29, 0.717) is 0 Å². The molecule has 134 valence electrons. The number of hydrogen-bond donors (Lipinski definition) is 1. The molecular formula is C18H18BrN5OS. The summed E-state index contributed by atoms with van der Waals surface area (Å²) in [5.74, 6) is 0.993. The number of pyridine rings is 1. The maximum Gasteiger partial charge on any atom is 0.234 e. The highest BCUT2D eigenvalue weighted by molar-refractivity contribution is 9.10. The SMILES string of the molecule is CCCn1c(SCC(=O)Nc2ccc(Br)cc2)nnc1-c1ccncc1. The quantitative estimate of drug-likeness (QED) is 0.566. The molecule has 1 amide bonds. The Labute approximate surface area is 164 Å². The Hall–Kier alpha value is -2.19. The van der Waals surface area contributed by atoms with Crippen LogP contribution in [0.2, 0.25) is 0 Å². The lowest BCUT2D eigenvalue weighted by atomic mass is 10.2. The van der Waals surface area contributed by atoms with Crippen molar-refractivity contribution in [3.63, 3.8) is 0 Å². The average molecular weight is 432 g/mol. The highest BCUT2D eigenvalue weighted by Gasteiger charge is 2.15. The van der Waals surface area contributed by atoms with Gasteiger partial charge in [0.2, 0.25) is 5.91 Å². The van der Waals surface area contributed by atoms with E-state index in [1.54, 1.807) is 12.4 Å². The van der Waals surface area contributed by atoms with Crippen molar-refractivity contribution >= 4 is 39.3 Å². The molecule has 0 fully saturated rings. The fourth-order valence-corrected chi connectivity index (χ4v) is 3.42. The molecule has 26 heavy (non-hydrogen) atoms. The Balaban J connectivity index is 1.68. The second kappa shape index (κ2) is 8.95. The molecule has 0 saturated heterocycles. The molecule has 0 aliphatic heterocycles. The van der Waals surface area contributed by atoms with Gasteiger partial charge in [0.05, 0.1) is 5.75 Å². The minimum absolute atomic E-state index is 0.0752. The van der Waals surface area contributed by atoms with E-state index in [9.17, 15) is 4.79 Å². The molecule has 8 heteroatoms. The normalized spacial score (nSPS) is 10.7. The Morgan fingerprint density at radius 2 is 1.88 bits per heavy atom. The van der Waals surface area contributed by atoms with Crippen LogP contribution in [0.25, 0.3) is 11.4 Å². The molecule has 6 nitrogen and oxygen atoms in total. The van der Waals surface area contributed by atoms with Gasteiger partial charge in [0.1, 0.15) is 0 Å². The van der Waals surface area contributed by atoms with Crippen LogP contribution < -0.4 is 5.32 Å². The van der Waals surface area contributed by atoms with Crippen LogP contribution in [0.4, 0.5) is 5.69 Å². The number of carbonyl (C=O) groups excluding carboxylic acids is 1. The van der Waals surface area contributed by atoms with E-state index in [1.807, 2.05) is 41.0 Å². The number of hydrogen-bond acceptors (Lipinski definition) is 5. The Morgan fingerprint density at radius 1 is 1.15 bits per heavy atom. The number of anilines is 1. The molecule has 2 aromatic heterocycles. The van der Waals surface area contributed by atoms with Crippen LogP contribution >= 0.6 is 27.7 Å². The molecule has 0 spiro atoms. The van der Waals surface area contributed by atoms with Gasteiger partial charge in [-0.1, -0.05) is 34.6 Å². The van der Waals surface area contributed by atoms with Crippen LogP contribution in [-0.4, -0.2) is 31.4 Å². The highest BCUT2D eigenvalue weighted by atomic mass is 79.9. The summed E-state index contributed by atoms with van der Waals surface area (Å²) in [6.45, 7) is 2.90. The summed E-state index contributed by atoms with van der Waals surface area (Å²) >= 11 is 4.76. The lowest BCUT2D eigenvalue weighted by Crippen LogP contribution is -2.14. The van der Waals surface area contributed by atoms with E-state index in [-0.39, 0.29) is 11.7 Å². The number of rotatable bonds is 7. The van der Waals surface area contributed by atoms with Crippen molar-refractivity contribution in [3.8, 4) is 11.4 Å². The van der Waals surface area contributed by atoms with Crippen LogP contribution in [-0.2, 0) is 11.3 Å². The second-order valence-corrected chi connectivity index (χ2v) is 7.40. The van der Waals surface area contributed by atoms with Gasteiger partial charge in [0.25, 0.3) is 0 Å². The van der Waals surface area contributed by atoms with Crippen LogP contribution in [0.1, 0.15) is 13.3 Å². The molecule has 0 bridgehead atoms. The monoisotopic (exact) mass is 431 g/mol. The largest absolute Gasteiger partial charge is 0.325 e. The first-order valence-corrected chi connectivity index (χ1v) is 9.97. The average Bonchev–Trinajstić information content (AvgIpc) is 3.06. The molecule has 0 atom stereocenters. The number of nitrogens with one attached hydrogen (secondary N) is 1. The molecule has 1 N–H and O–H groups in total. The van der Waals surface area contributed by atoms with E-state index >= 15 is 0 Å². The number of halogens is 1. The number of benzene rings is 1. The van der Waals surface area contributed by atoms with Gasteiger partial charge in [0.15, 0.2) is 11.0 Å². The number of carbonyl (C=O) groups is 1. The van der Waals surface area contributed by atoms with Gasteiger partial charge >= 0.3 is 0 Å². The zero-order valence-corrected chi connectivity index (χ0v) is 16.6.